The molecule has 0 fully saturated rings. The predicted molar refractivity (Wildman–Crippen MR) is 142 cm³/mol. The van der Waals surface area contributed by atoms with Crippen LogP contribution in [0.4, 0.5) is 10.1 Å². The fourth-order valence-corrected chi connectivity index (χ4v) is 4.66. The maximum Gasteiger partial charge on any atom is 0.244 e. The first kappa shape index (κ1) is 29.3. The Balaban J connectivity index is 2.42. The summed E-state index contributed by atoms with van der Waals surface area (Å²) in [6.07, 6.45) is 2.12. The first-order valence-corrected chi connectivity index (χ1v) is 14.0. The molecule has 0 aliphatic carbocycles. The number of nitrogens with zero attached hydrogens (tertiary/aromatic N) is 2. The van der Waals surface area contributed by atoms with E-state index in [4.69, 9.17) is 0 Å². The number of carbonyl (C=O) groups is 2. The molecule has 2 aromatic rings. The van der Waals surface area contributed by atoms with E-state index in [1.54, 1.807) is 31.2 Å². The van der Waals surface area contributed by atoms with Gasteiger partial charge in [-0.2, -0.15) is 0 Å². The summed E-state index contributed by atoms with van der Waals surface area (Å²) < 4.78 is 39.9. The summed E-state index contributed by atoms with van der Waals surface area (Å²) in [5, 5.41) is 2.82. The van der Waals surface area contributed by atoms with E-state index in [1.165, 1.54) is 17.0 Å². The summed E-state index contributed by atoms with van der Waals surface area (Å²) in [6.45, 7) is 9.93. The zero-order valence-corrected chi connectivity index (χ0v) is 22.9. The van der Waals surface area contributed by atoms with E-state index < -0.39 is 34.3 Å². The number of nitrogens with one attached hydrogen (secondary N) is 1. The van der Waals surface area contributed by atoms with Gasteiger partial charge in [0.05, 0.1) is 11.9 Å². The Hall–Kier alpha value is -2.94. The minimum absolute atomic E-state index is 0.0394. The molecule has 2 amide bonds. The molecule has 9 heteroatoms. The zero-order chi connectivity index (χ0) is 27.1. The van der Waals surface area contributed by atoms with Crippen molar-refractivity contribution in [2.24, 2.45) is 0 Å². The molecule has 0 saturated carbocycles. The summed E-state index contributed by atoms with van der Waals surface area (Å²) in [6, 6.07) is 11.9. The third kappa shape index (κ3) is 8.05. The average Bonchev–Trinajstić information content (AvgIpc) is 2.81. The third-order valence-corrected chi connectivity index (χ3v) is 7.04. The molecule has 1 unspecified atom stereocenters. The Morgan fingerprint density at radius 2 is 1.58 bits per heavy atom. The molecule has 0 radical (unpaired) electrons. The number of amides is 2. The fourth-order valence-electron chi connectivity index (χ4n) is 3.81. The summed E-state index contributed by atoms with van der Waals surface area (Å²) in [5.41, 5.74) is 1.91. The first-order chi connectivity index (χ1) is 16.8. The van der Waals surface area contributed by atoms with Gasteiger partial charge in [-0.3, -0.25) is 13.9 Å². The van der Waals surface area contributed by atoms with Crippen molar-refractivity contribution in [3.63, 3.8) is 0 Å². The SMILES string of the molecule is CCCNC(=O)C(CC)N(Cc1ccc(F)cc1)C(=O)CN(c1ccc(C(C)(C)C)cc1)S(C)(=O)=O. The van der Waals surface area contributed by atoms with Gasteiger partial charge in [-0.1, -0.05) is 58.9 Å². The van der Waals surface area contributed by atoms with Crippen LogP contribution in [0.2, 0.25) is 0 Å². The second kappa shape index (κ2) is 12.3. The van der Waals surface area contributed by atoms with Crippen LogP contribution >= 0.6 is 0 Å². The lowest BCUT2D eigenvalue weighted by atomic mass is 9.87. The van der Waals surface area contributed by atoms with Crippen LogP contribution in [0.15, 0.2) is 48.5 Å². The highest BCUT2D eigenvalue weighted by Gasteiger charge is 2.31. The van der Waals surface area contributed by atoms with Gasteiger partial charge in [0.1, 0.15) is 18.4 Å². The van der Waals surface area contributed by atoms with Crippen LogP contribution < -0.4 is 9.62 Å². The molecule has 1 N–H and O–H groups in total. The second-order valence-corrected chi connectivity index (χ2v) is 11.8. The first-order valence-electron chi connectivity index (χ1n) is 12.2. The molecule has 0 aromatic heterocycles. The van der Waals surface area contributed by atoms with Crippen molar-refractivity contribution in [3.8, 4) is 0 Å². The average molecular weight is 520 g/mol. The normalized spacial score (nSPS) is 12.6. The molecule has 0 spiro atoms. The Labute approximate surface area is 214 Å². The Kier molecular flexibility index (Phi) is 10.0. The number of anilines is 1. The number of hydrogen-bond donors (Lipinski definition) is 1. The van der Waals surface area contributed by atoms with E-state index in [0.29, 0.717) is 24.2 Å². The minimum atomic E-state index is -3.80. The van der Waals surface area contributed by atoms with Crippen molar-refractivity contribution in [3.05, 3.63) is 65.5 Å². The molecule has 0 aliphatic rings. The number of hydrogen-bond acceptors (Lipinski definition) is 4. The zero-order valence-electron chi connectivity index (χ0n) is 22.0. The van der Waals surface area contributed by atoms with Gasteiger partial charge in [0.2, 0.25) is 21.8 Å². The van der Waals surface area contributed by atoms with Gasteiger partial charge >= 0.3 is 0 Å². The number of halogens is 1. The van der Waals surface area contributed by atoms with Crippen LogP contribution in [-0.4, -0.2) is 50.5 Å². The van der Waals surface area contributed by atoms with Gasteiger partial charge < -0.3 is 10.2 Å². The highest BCUT2D eigenvalue weighted by molar-refractivity contribution is 7.92. The molecule has 1 atom stereocenters. The lowest BCUT2D eigenvalue weighted by Crippen LogP contribution is -2.52. The number of benzene rings is 2. The Bertz CT molecular complexity index is 1130. The van der Waals surface area contributed by atoms with Crippen LogP contribution in [-0.2, 0) is 31.6 Å². The van der Waals surface area contributed by atoms with Crippen LogP contribution in [0.3, 0.4) is 0 Å². The molecule has 0 heterocycles. The monoisotopic (exact) mass is 519 g/mol. The summed E-state index contributed by atoms with van der Waals surface area (Å²) in [5.74, 6) is -1.25. The third-order valence-electron chi connectivity index (χ3n) is 5.90. The molecule has 0 saturated heterocycles. The summed E-state index contributed by atoms with van der Waals surface area (Å²) >= 11 is 0. The largest absolute Gasteiger partial charge is 0.354 e. The predicted octanol–water partition coefficient (Wildman–Crippen LogP) is 4.22. The van der Waals surface area contributed by atoms with Gasteiger partial charge in [-0.15, -0.1) is 0 Å². The summed E-state index contributed by atoms with van der Waals surface area (Å²) in [4.78, 5) is 27.9. The number of sulfonamides is 1. The molecular weight excluding hydrogens is 481 g/mol. The smallest absolute Gasteiger partial charge is 0.244 e. The number of rotatable bonds is 11. The lowest BCUT2D eigenvalue weighted by molar-refractivity contribution is -0.140. The molecular formula is C27H38FN3O4S. The van der Waals surface area contributed by atoms with Crippen molar-refractivity contribution in [1.29, 1.82) is 0 Å². The Morgan fingerprint density at radius 3 is 2.06 bits per heavy atom. The standard InChI is InChI=1S/C27H38FN3O4S/c1-7-17-29-26(33)24(8-2)30(18-20-9-13-22(28)14-10-20)25(32)19-31(36(6,34)35)23-15-11-21(12-16-23)27(3,4)5/h9-16,24H,7-8,17-19H2,1-6H3,(H,29,33). The fraction of sp³-hybridized carbons (Fsp3) is 0.481. The highest BCUT2D eigenvalue weighted by atomic mass is 32.2. The van der Waals surface area contributed by atoms with Crippen molar-refractivity contribution >= 4 is 27.5 Å². The van der Waals surface area contributed by atoms with Crippen LogP contribution in [0.1, 0.15) is 58.6 Å². The van der Waals surface area contributed by atoms with Crippen molar-refractivity contribution in [2.75, 3.05) is 23.7 Å². The lowest BCUT2D eigenvalue weighted by Gasteiger charge is -2.33. The van der Waals surface area contributed by atoms with Crippen LogP contribution in [0.5, 0.6) is 0 Å². The van der Waals surface area contributed by atoms with Gasteiger partial charge in [0.25, 0.3) is 0 Å². The van der Waals surface area contributed by atoms with E-state index in [0.717, 1.165) is 22.5 Å². The van der Waals surface area contributed by atoms with Gasteiger partial charge in [-0.05, 0) is 53.6 Å². The highest BCUT2D eigenvalue weighted by Crippen LogP contribution is 2.26. The van der Waals surface area contributed by atoms with E-state index in [-0.39, 0.29) is 17.9 Å². The quantitative estimate of drug-likeness (QED) is 0.482. The molecule has 36 heavy (non-hydrogen) atoms. The summed E-state index contributed by atoms with van der Waals surface area (Å²) in [7, 11) is -3.80. The van der Waals surface area contributed by atoms with Gasteiger partial charge in [0.15, 0.2) is 0 Å². The van der Waals surface area contributed by atoms with Gasteiger partial charge in [0, 0.05) is 13.1 Å². The van der Waals surface area contributed by atoms with E-state index in [1.807, 2.05) is 19.1 Å². The maximum atomic E-state index is 13.6. The van der Waals surface area contributed by atoms with Gasteiger partial charge in [-0.25, -0.2) is 12.8 Å². The topological polar surface area (TPSA) is 86.8 Å². The minimum Gasteiger partial charge on any atom is -0.354 e. The van der Waals surface area contributed by atoms with Crippen LogP contribution in [0, 0.1) is 5.82 Å². The number of carbonyl (C=O) groups excluding carboxylic acids is 2. The van der Waals surface area contributed by atoms with Crippen molar-refractivity contribution < 1.29 is 22.4 Å². The van der Waals surface area contributed by atoms with Crippen molar-refractivity contribution in [2.45, 2.75) is 65.5 Å². The molecule has 2 rings (SSSR count). The maximum absolute atomic E-state index is 13.6. The molecule has 198 valence electrons. The molecule has 7 nitrogen and oxygen atoms in total. The van der Waals surface area contributed by atoms with E-state index in [2.05, 4.69) is 26.1 Å². The second-order valence-electron chi connectivity index (χ2n) is 9.93. The van der Waals surface area contributed by atoms with Crippen LogP contribution in [0.25, 0.3) is 0 Å². The molecule has 0 aliphatic heterocycles. The van der Waals surface area contributed by atoms with Crippen molar-refractivity contribution in [1.82, 2.24) is 10.2 Å². The molecule has 2 aromatic carbocycles. The Morgan fingerprint density at radius 1 is 1.00 bits per heavy atom. The molecule has 0 bridgehead atoms. The van der Waals surface area contributed by atoms with E-state index in [9.17, 15) is 22.4 Å². The van der Waals surface area contributed by atoms with E-state index >= 15 is 0 Å².